The zero-order valence-corrected chi connectivity index (χ0v) is 11.1. The van der Waals surface area contributed by atoms with Crippen LogP contribution in [0.1, 0.15) is 29.5 Å². The van der Waals surface area contributed by atoms with Gasteiger partial charge in [0, 0.05) is 32.5 Å². The zero-order valence-electron chi connectivity index (χ0n) is 11.1. The molecule has 94 valence electrons. The van der Waals surface area contributed by atoms with E-state index in [1.165, 1.54) is 16.7 Å². The highest BCUT2D eigenvalue weighted by atomic mass is 15.1. The van der Waals surface area contributed by atoms with Gasteiger partial charge < -0.3 is 0 Å². The van der Waals surface area contributed by atoms with E-state index in [4.69, 9.17) is 10.5 Å². The SMILES string of the molecule is Cc1ccc(CN(CCC#N)CCC#N)cc1C. The highest BCUT2D eigenvalue weighted by Gasteiger charge is 2.06. The van der Waals surface area contributed by atoms with Crippen molar-refractivity contribution in [1.82, 2.24) is 4.90 Å². The maximum Gasteiger partial charge on any atom is 0.0635 e. The molecule has 0 N–H and O–H groups in total. The Hall–Kier alpha value is -1.84. The van der Waals surface area contributed by atoms with Gasteiger partial charge in [-0.15, -0.1) is 0 Å². The van der Waals surface area contributed by atoms with Crippen molar-refractivity contribution in [3.63, 3.8) is 0 Å². The minimum absolute atomic E-state index is 0.510. The van der Waals surface area contributed by atoms with E-state index in [9.17, 15) is 0 Å². The summed E-state index contributed by atoms with van der Waals surface area (Å²) in [5.41, 5.74) is 3.82. The van der Waals surface area contributed by atoms with Crippen molar-refractivity contribution < 1.29 is 0 Å². The van der Waals surface area contributed by atoms with Crippen molar-refractivity contribution in [2.45, 2.75) is 33.2 Å². The van der Waals surface area contributed by atoms with Crippen molar-refractivity contribution in [1.29, 1.82) is 10.5 Å². The molecule has 0 unspecified atom stereocenters. The molecule has 0 spiro atoms. The van der Waals surface area contributed by atoms with Crippen LogP contribution < -0.4 is 0 Å². The van der Waals surface area contributed by atoms with Gasteiger partial charge in [0.1, 0.15) is 0 Å². The lowest BCUT2D eigenvalue weighted by atomic mass is 10.1. The van der Waals surface area contributed by atoms with E-state index in [2.05, 4.69) is 49.1 Å². The van der Waals surface area contributed by atoms with Crippen LogP contribution in [-0.4, -0.2) is 18.0 Å². The minimum Gasteiger partial charge on any atom is -0.297 e. The Labute approximate surface area is 109 Å². The third-order valence-electron chi connectivity index (χ3n) is 3.06. The van der Waals surface area contributed by atoms with Gasteiger partial charge in [0.25, 0.3) is 0 Å². The Morgan fingerprint density at radius 2 is 1.61 bits per heavy atom. The Morgan fingerprint density at radius 3 is 2.11 bits per heavy atom. The fourth-order valence-corrected chi connectivity index (χ4v) is 1.85. The summed E-state index contributed by atoms with van der Waals surface area (Å²) in [6.45, 7) is 6.47. The highest BCUT2D eigenvalue weighted by Crippen LogP contribution is 2.12. The molecule has 0 amide bonds. The van der Waals surface area contributed by atoms with Crippen molar-refractivity contribution in [2.24, 2.45) is 0 Å². The lowest BCUT2D eigenvalue weighted by molar-refractivity contribution is 0.278. The van der Waals surface area contributed by atoms with E-state index in [0.717, 1.165) is 19.6 Å². The number of hydrogen-bond donors (Lipinski definition) is 0. The first kappa shape index (κ1) is 14.2. The molecule has 0 aromatic heterocycles. The van der Waals surface area contributed by atoms with Crippen LogP contribution in [0.2, 0.25) is 0 Å². The second kappa shape index (κ2) is 7.48. The average Bonchev–Trinajstić information content (AvgIpc) is 2.37. The van der Waals surface area contributed by atoms with Gasteiger partial charge in [0.05, 0.1) is 12.1 Å². The Kier molecular flexibility index (Phi) is 5.91. The summed E-state index contributed by atoms with van der Waals surface area (Å²) >= 11 is 0. The van der Waals surface area contributed by atoms with Crippen LogP contribution >= 0.6 is 0 Å². The molecule has 1 aromatic rings. The van der Waals surface area contributed by atoms with Crippen molar-refractivity contribution in [3.05, 3.63) is 34.9 Å². The maximum absolute atomic E-state index is 8.65. The van der Waals surface area contributed by atoms with E-state index in [-0.39, 0.29) is 0 Å². The van der Waals surface area contributed by atoms with Gasteiger partial charge in [-0.3, -0.25) is 4.90 Å². The normalized spacial score (nSPS) is 10.1. The Balaban J connectivity index is 2.66. The quantitative estimate of drug-likeness (QED) is 0.769. The van der Waals surface area contributed by atoms with Gasteiger partial charge in [-0.2, -0.15) is 10.5 Å². The van der Waals surface area contributed by atoms with Gasteiger partial charge in [0.2, 0.25) is 0 Å². The van der Waals surface area contributed by atoms with Crippen LogP contribution in [0.5, 0.6) is 0 Å². The van der Waals surface area contributed by atoms with Crippen LogP contribution in [0.4, 0.5) is 0 Å². The van der Waals surface area contributed by atoms with Crippen LogP contribution in [0, 0.1) is 36.5 Å². The average molecular weight is 241 g/mol. The lowest BCUT2D eigenvalue weighted by Gasteiger charge is -2.20. The number of benzene rings is 1. The summed E-state index contributed by atoms with van der Waals surface area (Å²) in [7, 11) is 0. The lowest BCUT2D eigenvalue weighted by Crippen LogP contribution is -2.25. The molecule has 18 heavy (non-hydrogen) atoms. The standard InChI is InChI=1S/C15H19N3/c1-13-5-6-15(11-14(13)2)12-18(9-3-7-16)10-4-8-17/h5-6,11H,3-4,9-10,12H2,1-2H3. The predicted molar refractivity (Wildman–Crippen MR) is 71.7 cm³/mol. The van der Waals surface area contributed by atoms with Crippen molar-refractivity contribution in [3.8, 4) is 12.1 Å². The van der Waals surface area contributed by atoms with Crippen LogP contribution in [0.25, 0.3) is 0 Å². The zero-order chi connectivity index (χ0) is 13.4. The Morgan fingerprint density at radius 1 is 1.00 bits per heavy atom. The molecule has 0 aliphatic carbocycles. The fraction of sp³-hybridized carbons (Fsp3) is 0.467. The molecule has 1 rings (SSSR count). The second-order valence-electron chi connectivity index (χ2n) is 4.51. The topological polar surface area (TPSA) is 50.8 Å². The monoisotopic (exact) mass is 241 g/mol. The summed E-state index contributed by atoms with van der Waals surface area (Å²) in [5, 5.41) is 17.3. The largest absolute Gasteiger partial charge is 0.297 e. The van der Waals surface area contributed by atoms with Crippen LogP contribution in [-0.2, 0) is 6.54 Å². The molecule has 3 heteroatoms. The van der Waals surface area contributed by atoms with E-state index in [1.54, 1.807) is 0 Å². The molecule has 0 saturated heterocycles. The summed E-state index contributed by atoms with van der Waals surface area (Å²) in [6, 6.07) is 10.7. The summed E-state index contributed by atoms with van der Waals surface area (Å²) in [6.07, 6.45) is 1.02. The first-order valence-electron chi connectivity index (χ1n) is 6.19. The molecule has 0 atom stereocenters. The molecule has 0 saturated carbocycles. The molecule has 0 fully saturated rings. The summed E-state index contributed by atoms with van der Waals surface area (Å²) in [4.78, 5) is 2.16. The first-order chi connectivity index (χ1) is 8.67. The molecule has 1 aromatic carbocycles. The summed E-state index contributed by atoms with van der Waals surface area (Å²) in [5.74, 6) is 0. The molecule has 3 nitrogen and oxygen atoms in total. The van der Waals surface area contributed by atoms with Gasteiger partial charge in [-0.05, 0) is 30.5 Å². The summed E-state index contributed by atoms with van der Waals surface area (Å²) < 4.78 is 0. The number of nitriles is 2. The molecular weight excluding hydrogens is 222 g/mol. The maximum atomic E-state index is 8.65. The third kappa shape index (κ3) is 4.57. The highest BCUT2D eigenvalue weighted by molar-refractivity contribution is 5.29. The molecule has 0 radical (unpaired) electrons. The third-order valence-corrected chi connectivity index (χ3v) is 3.06. The first-order valence-corrected chi connectivity index (χ1v) is 6.19. The van der Waals surface area contributed by atoms with Gasteiger partial charge in [-0.25, -0.2) is 0 Å². The molecular formula is C15H19N3. The number of rotatable bonds is 6. The molecule has 0 heterocycles. The number of hydrogen-bond acceptors (Lipinski definition) is 3. The predicted octanol–water partition coefficient (Wildman–Crippen LogP) is 2.93. The van der Waals surface area contributed by atoms with Gasteiger partial charge >= 0.3 is 0 Å². The second-order valence-corrected chi connectivity index (χ2v) is 4.51. The molecule has 0 aliphatic heterocycles. The van der Waals surface area contributed by atoms with E-state index in [0.29, 0.717) is 12.8 Å². The van der Waals surface area contributed by atoms with Crippen molar-refractivity contribution in [2.75, 3.05) is 13.1 Å². The van der Waals surface area contributed by atoms with Gasteiger partial charge in [0.15, 0.2) is 0 Å². The Bertz CT molecular complexity index is 448. The number of nitrogens with zero attached hydrogens (tertiary/aromatic N) is 3. The van der Waals surface area contributed by atoms with E-state index < -0.39 is 0 Å². The molecule has 0 bridgehead atoms. The van der Waals surface area contributed by atoms with E-state index in [1.807, 2.05) is 0 Å². The number of aryl methyl sites for hydroxylation is 2. The minimum atomic E-state index is 0.510. The van der Waals surface area contributed by atoms with Gasteiger partial charge in [-0.1, -0.05) is 18.2 Å². The molecule has 0 aliphatic rings. The van der Waals surface area contributed by atoms with Crippen LogP contribution in [0.3, 0.4) is 0 Å². The van der Waals surface area contributed by atoms with Crippen LogP contribution in [0.15, 0.2) is 18.2 Å². The smallest absolute Gasteiger partial charge is 0.0635 e. The fourth-order valence-electron chi connectivity index (χ4n) is 1.85. The van der Waals surface area contributed by atoms with E-state index >= 15 is 0 Å². The van der Waals surface area contributed by atoms with Crippen molar-refractivity contribution >= 4 is 0 Å².